The lowest BCUT2D eigenvalue weighted by molar-refractivity contribution is -0.298. The Morgan fingerprint density at radius 1 is 0.837 bits per heavy atom. The number of aliphatic hydroxyl groups is 5. The molecule has 1 amide bonds. The third-order valence-electron chi connectivity index (χ3n) is 8.63. The van der Waals surface area contributed by atoms with Crippen LogP contribution in [0.25, 0.3) is 0 Å². The van der Waals surface area contributed by atoms with Gasteiger partial charge < -0.3 is 40.3 Å². The van der Waals surface area contributed by atoms with Gasteiger partial charge in [-0.25, -0.2) is 4.18 Å². The van der Waals surface area contributed by atoms with Crippen molar-refractivity contribution in [1.29, 1.82) is 0 Å². The maximum absolute atomic E-state index is 12.9. The standard InChI is InChI=1S/C35H65NO12S/c1-3-5-7-9-11-13-14-15-16-18-20-22-24-29(39)34(42)36-27(28(38)23-21-19-17-12-10-8-6-4-2)26-46-35-32(41)33(48-49(43,44)45)31(40)30(25-37)47-35/h15-16,20,22,27-33,35,37-41H,3-14,17-19,21,23-26H2,1-2H3,(H,36,42)(H,43,44,45)/b16-15-,22-20-. The van der Waals surface area contributed by atoms with E-state index in [9.17, 15) is 38.7 Å². The smallest absolute Gasteiger partial charge is 0.394 e. The van der Waals surface area contributed by atoms with Gasteiger partial charge in [0.1, 0.15) is 30.5 Å². The van der Waals surface area contributed by atoms with Crippen LogP contribution in [0.2, 0.25) is 0 Å². The molecule has 1 fully saturated rings. The Morgan fingerprint density at radius 2 is 1.41 bits per heavy atom. The maximum Gasteiger partial charge on any atom is 0.397 e. The van der Waals surface area contributed by atoms with Crippen molar-refractivity contribution in [3.63, 3.8) is 0 Å². The summed E-state index contributed by atoms with van der Waals surface area (Å²) in [4.78, 5) is 12.9. The highest BCUT2D eigenvalue weighted by atomic mass is 32.3. The molecule has 8 unspecified atom stereocenters. The molecular weight excluding hydrogens is 658 g/mol. The average molecular weight is 724 g/mol. The molecule has 49 heavy (non-hydrogen) atoms. The fourth-order valence-electron chi connectivity index (χ4n) is 5.62. The highest BCUT2D eigenvalue weighted by Gasteiger charge is 2.48. The van der Waals surface area contributed by atoms with Gasteiger partial charge in [-0.1, -0.05) is 122 Å². The average Bonchev–Trinajstić information content (AvgIpc) is 3.06. The molecule has 14 heteroatoms. The number of hydrogen-bond donors (Lipinski definition) is 7. The molecule has 8 atom stereocenters. The summed E-state index contributed by atoms with van der Waals surface area (Å²) in [5.74, 6) is -0.742. The molecule has 0 aromatic heterocycles. The molecule has 0 spiro atoms. The third kappa shape index (κ3) is 20.9. The number of unbranched alkanes of at least 4 members (excludes halogenated alkanes) is 13. The minimum absolute atomic E-state index is 0.0496. The second-order valence-electron chi connectivity index (χ2n) is 13.0. The van der Waals surface area contributed by atoms with Gasteiger partial charge in [-0.15, -0.1) is 0 Å². The molecular formula is C35H65NO12S. The summed E-state index contributed by atoms with van der Waals surface area (Å²) in [5, 5.41) is 54.6. The summed E-state index contributed by atoms with van der Waals surface area (Å²) in [5.41, 5.74) is 0. The lowest BCUT2D eigenvalue weighted by Crippen LogP contribution is -2.61. The zero-order valence-electron chi connectivity index (χ0n) is 29.6. The Kier molecular flexibility index (Phi) is 25.3. The van der Waals surface area contributed by atoms with E-state index in [1.807, 2.05) is 6.08 Å². The van der Waals surface area contributed by atoms with Crippen LogP contribution in [0.4, 0.5) is 0 Å². The first-order valence-corrected chi connectivity index (χ1v) is 19.7. The van der Waals surface area contributed by atoms with E-state index in [2.05, 4.69) is 35.5 Å². The molecule has 0 radical (unpaired) electrons. The normalized spacial score (nSPS) is 23.6. The molecule has 0 aromatic rings. The molecule has 1 saturated heterocycles. The fraction of sp³-hybridized carbons (Fsp3) is 0.857. The van der Waals surface area contributed by atoms with Gasteiger partial charge in [0.05, 0.1) is 25.4 Å². The minimum Gasteiger partial charge on any atom is -0.394 e. The van der Waals surface area contributed by atoms with Gasteiger partial charge in [-0.05, 0) is 25.7 Å². The Labute approximate surface area is 294 Å². The summed E-state index contributed by atoms with van der Waals surface area (Å²) in [7, 11) is -5.10. The van der Waals surface area contributed by atoms with Crippen molar-refractivity contribution in [3.05, 3.63) is 24.3 Å². The SMILES string of the molecule is CCCCCCCC/C=C\C/C=C\CC(O)C(=O)NC(COC1OC(CO)C(O)C(OS(=O)(=O)O)C1O)C(O)CCCCCCCCCC. The molecule has 1 aliphatic rings. The van der Waals surface area contributed by atoms with Crippen molar-refractivity contribution in [2.24, 2.45) is 0 Å². The van der Waals surface area contributed by atoms with Crippen molar-refractivity contribution < 1.29 is 57.0 Å². The number of nitrogens with one attached hydrogen (secondary N) is 1. The number of aliphatic hydroxyl groups excluding tert-OH is 5. The van der Waals surface area contributed by atoms with Gasteiger partial charge in [0.2, 0.25) is 5.91 Å². The Hall–Kier alpha value is -1.46. The van der Waals surface area contributed by atoms with E-state index >= 15 is 0 Å². The van der Waals surface area contributed by atoms with E-state index in [0.29, 0.717) is 19.3 Å². The summed E-state index contributed by atoms with van der Waals surface area (Å²) >= 11 is 0. The van der Waals surface area contributed by atoms with Crippen LogP contribution >= 0.6 is 0 Å². The van der Waals surface area contributed by atoms with Gasteiger partial charge in [0, 0.05) is 6.42 Å². The highest BCUT2D eigenvalue weighted by Crippen LogP contribution is 2.26. The summed E-state index contributed by atoms with van der Waals surface area (Å²) in [6, 6.07) is -1.06. The van der Waals surface area contributed by atoms with Gasteiger partial charge in [-0.3, -0.25) is 9.35 Å². The zero-order chi connectivity index (χ0) is 36.5. The molecule has 0 aromatic carbocycles. The van der Waals surface area contributed by atoms with E-state index in [4.69, 9.17) is 14.0 Å². The second-order valence-corrected chi connectivity index (χ2v) is 14.0. The number of hydrogen-bond acceptors (Lipinski definition) is 11. The van der Waals surface area contributed by atoms with Gasteiger partial charge >= 0.3 is 10.4 Å². The summed E-state index contributed by atoms with van der Waals surface area (Å²) in [6.45, 7) is 3.13. The van der Waals surface area contributed by atoms with Crippen LogP contribution < -0.4 is 5.32 Å². The fourth-order valence-corrected chi connectivity index (χ4v) is 6.13. The van der Waals surface area contributed by atoms with Crippen molar-refractivity contribution >= 4 is 16.3 Å². The Balaban J connectivity index is 2.75. The summed E-state index contributed by atoms with van der Waals surface area (Å²) in [6.07, 6.45) is 14.4. The predicted octanol–water partition coefficient (Wildman–Crippen LogP) is 4.01. The van der Waals surface area contributed by atoms with Crippen molar-refractivity contribution in [2.45, 2.75) is 178 Å². The molecule has 0 aliphatic carbocycles. The third-order valence-corrected chi connectivity index (χ3v) is 9.10. The molecule has 1 heterocycles. The van der Waals surface area contributed by atoms with Crippen molar-refractivity contribution in [2.75, 3.05) is 13.2 Å². The van der Waals surface area contributed by atoms with E-state index in [-0.39, 0.29) is 6.42 Å². The van der Waals surface area contributed by atoms with Crippen LogP contribution in [-0.2, 0) is 28.9 Å². The lowest BCUT2D eigenvalue weighted by atomic mass is 9.99. The quantitative estimate of drug-likeness (QED) is 0.0332. The Morgan fingerprint density at radius 3 is 2.00 bits per heavy atom. The predicted molar refractivity (Wildman–Crippen MR) is 187 cm³/mol. The van der Waals surface area contributed by atoms with E-state index < -0.39 is 78.5 Å². The van der Waals surface area contributed by atoms with E-state index in [1.165, 1.54) is 51.4 Å². The van der Waals surface area contributed by atoms with Crippen LogP contribution in [0.1, 0.15) is 129 Å². The lowest BCUT2D eigenvalue weighted by Gasteiger charge is -2.41. The monoisotopic (exact) mass is 723 g/mol. The molecule has 0 saturated carbocycles. The Bertz CT molecular complexity index is 1010. The summed E-state index contributed by atoms with van der Waals surface area (Å²) < 4.78 is 47.1. The first kappa shape index (κ1) is 45.6. The molecule has 288 valence electrons. The first-order chi connectivity index (χ1) is 23.4. The molecule has 0 bridgehead atoms. The topological polar surface area (TPSA) is 212 Å². The number of carbonyl (C=O) groups is 1. The molecule has 7 N–H and O–H groups in total. The largest absolute Gasteiger partial charge is 0.397 e. The number of amides is 1. The van der Waals surface area contributed by atoms with Crippen molar-refractivity contribution in [3.8, 4) is 0 Å². The molecule has 13 nitrogen and oxygen atoms in total. The first-order valence-electron chi connectivity index (χ1n) is 18.3. The van der Waals surface area contributed by atoms with Gasteiger partial charge in [-0.2, -0.15) is 8.42 Å². The molecule has 1 aliphatic heterocycles. The van der Waals surface area contributed by atoms with Crippen LogP contribution in [0.5, 0.6) is 0 Å². The second kappa shape index (κ2) is 27.2. The van der Waals surface area contributed by atoms with Crippen LogP contribution in [0.3, 0.4) is 0 Å². The van der Waals surface area contributed by atoms with Gasteiger partial charge in [0.25, 0.3) is 0 Å². The molecule has 1 rings (SSSR count). The van der Waals surface area contributed by atoms with Crippen molar-refractivity contribution in [1.82, 2.24) is 5.32 Å². The number of carbonyl (C=O) groups excluding carboxylic acids is 1. The van der Waals surface area contributed by atoms with Crippen LogP contribution in [-0.4, -0.2) is 107 Å². The number of allylic oxidation sites excluding steroid dienone is 3. The minimum atomic E-state index is -5.10. The number of rotatable bonds is 29. The number of ether oxygens (including phenoxy) is 2. The van der Waals surface area contributed by atoms with Gasteiger partial charge in [0.15, 0.2) is 6.29 Å². The van der Waals surface area contributed by atoms with E-state index in [1.54, 1.807) is 6.08 Å². The maximum atomic E-state index is 12.9. The van der Waals surface area contributed by atoms with Crippen LogP contribution in [0.15, 0.2) is 24.3 Å². The zero-order valence-corrected chi connectivity index (χ0v) is 30.4. The van der Waals surface area contributed by atoms with Crippen LogP contribution in [0, 0.1) is 0 Å². The van der Waals surface area contributed by atoms with E-state index in [0.717, 1.165) is 38.5 Å². The highest BCUT2D eigenvalue weighted by molar-refractivity contribution is 7.80.